The molecule has 3 rings (SSSR count). The van der Waals surface area contributed by atoms with Gasteiger partial charge < -0.3 is 14.7 Å². The first-order chi connectivity index (χ1) is 12.6. The summed E-state index contributed by atoms with van der Waals surface area (Å²) in [5.74, 6) is 0.620. The molecule has 1 aromatic heterocycles. The zero-order chi connectivity index (χ0) is 18.5. The summed E-state index contributed by atoms with van der Waals surface area (Å²) < 4.78 is 6.51. The Labute approximate surface area is 158 Å². The van der Waals surface area contributed by atoms with Crippen LogP contribution in [0.5, 0.6) is 11.6 Å². The highest BCUT2D eigenvalue weighted by atomic mass is 79.9. The zero-order valence-electron chi connectivity index (χ0n) is 13.9. The summed E-state index contributed by atoms with van der Waals surface area (Å²) >= 11 is 3.33. The van der Waals surface area contributed by atoms with Gasteiger partial charge in [0.05, 0.1) is 11.5 Å². The van der Waals surface area contributed by atoms with E-state index in [4.69, 9.17) is 9.84 Å². The molecule has 1 aromatic carbocycles. The van der Waals surface area contributed by atoms with E-state index >= 15 is 0 Å². The van der Waals surface area contributed by atoms with Gasteiger partial charge in [-0.15, -0.1) is 0 Å². The first kappa shape index (κ1) is 18.5. The number of ether oxygens (including phenoxy) is 1. The van der Waals surface area contributed by atoms with Gasteiger partial charge in [-0.3, -0.25) is 15.0 Å². The van der Waals surface area contributed by atoms with Crippen LogP contribution >= 0.6 is 15.9 Å². The van der Waals surface area contributed by atoms with Crippen molar-refractivity contribution in [1.82, 2.24) is 14.9 Å². The molecule has 1 aliphatic heterocycles. The van der Waals surface area contributed by atoms with Crippen molar-refractivity contribution >= 4 is 27.4 Å². The van der Waals surface area contributed by atoms with Crippen LogP contribution in [0.25, 0.3) is 0 Å². The molecule has 10 heteroatoms. The Bertz CT molecular complexity index is 766. The molecule has 138 valence electrons. The number of β-amino-alcohol motifs (C(OH)–C–C–N with tert-alkyl or cyclic N) is 1. The summed E-state index contributed by atoms with van der Waals surface area (Å²) in [4.78, 5) is 23.2. The van der Waals surface area contributed by atoms with Gasteiger partial charge >= 0.3 is 11.6 Å². The van der Waals surface area contributed by atoms with Gasteiger partial charge in [0.15, 0.2) is 0 Å². The highest BCUT2D eigenvalue weighted by Gasteiger charge is 2.30. The van der Waals surface area contributed by atoms with Crippen molar-refractivity contribution in [2.24, 2.45) is 0 Å². The minimum Gasteiger partial charge on any atom is -0.434 e. The first-order valence-corrected chi connectivity index (χ1v) is 8.88. The second-order valence-corrected chi connectivity index (χ2v) is 6.63. The number of nitro groups is 1. The van der Waals surface area contributed by atoms with E-state index < -0.39 is 4.92 Å². The lowest BCUT2D eigenvalue weighted by Crippen LogP contribution is -2.47. The maximum absolute atomic E-state index is 11.7. The van der Waals surface area contributed by atoms with Crippen LogP contribution < -0.4 is 9.64 Å². The summed E-state index contributed by atoms with van der Waals surface area (Å²) in [6.45, 7) is 3.25. The van der Waals surface area contributed by atoms with E-state index in [1.54, 1.807) is 24.3 Å². The van der Waals surface area contributed by atoms with E-state index in [1.165, 1.54) is 6.33 Å². The molecule has 1 aliphatic rings. The Morgan fingerprint density at radius 2 is 1.88 bits per heavy atom. The number of hydrogen-bond donors (Lipinski definition) is 1. The van der Waals surface area contributed by atoms with E-state index in [-0.39, 0.29) is 24.0 Å². The molecule has 0 saturated carbocycles. The van der Waals surface area contributed by atoms with E-state index in [0.29, 0.717) is 38.5 Å². The number of anilines is 1. The van der Waals surface area contributed by atoms with Crippen LogP contribution in [0.4, 0.5) is 11.5 Å². The van der Waals surface area contributed by atoms with Crippen LogP contribution in [0.2, 0.25) is 0 Å². The average Bonchev–Trinajstić information content (AvgIpc) is 2.64. The predicted molar refractivity (Wildman–Crippen MR) is 98.6 cm³/mol. The molecule has 0 spiro atoms. The van der Waals surface area contributed by atoms with Crippen molar-refractivity contribution in [2.45, 2.75) is 0 Å². The maximum atomic E-state index is 11.7. The molecule has 0 radical (unpaired) electrons. The van der Waals surface area contributed by atoms with Gasteiger partial charge in [0, 0.05) is 37.2 Å². The fourth-order valence-corrected chi connectivity index (χ4v) is 3.02. The average molecular weight is 424 g/mol. The van der Waals surface area contributed by atoms with Gasteiger partial charge in [-0.2, -0.15) is 4.98 Å². The molecule has 0 aliphatic carbocycles. The van der Waals surface area contributed by atoms with Crippen molar-refractivity contribution in [3.05, 3.63) is 45.2 Å². The summed E-state index contributed by atoms with van der Waals surface area (Å²) in [5, 5.41) is 20.7. The Kier molecular flexibility index (Phi) is 5.96. The summed E-state index contributed by atoms with van der Waals surface area (Å²) in [5.41, 5.74) is -0.244. The molecular weight excluding hydrogens is 406 g/mol. The smallest absolute Gasteiger partial charge is 0.373 e. The molecule has 26 heavy (non-hydrogen) atoms. The molecule has 1 saturated heterocycles. The molecule has 0 atom stereocenters. The number of nitrogens with zero attached hydrogens (tertiary/aromatic N) is 5. The van der Waals surface area contributed by atoms with E-state index in [2.05, 4.69) is 30.8 Å². The SMILES string of the molecule is O=[N+]([O-])c1c(Oc2ccc(Br)cc2)ncnc1N1CCN(CCO)CC1. The third-order valence-electron chi connectivity index (χ3n) is 4.07. The predicted octanol–water partition coefficient (Wildman–Crippen LogP) is 2.05. The standard InChI is InChI=1S/C16H18BrN5O4/c17-12-1-3-13(4-2-12)26-16-14(22(24)25)15(18-11-19-16)21-7-5-20(6-8-21)9-10-23/h1-4,11,23H,5-10H2. The molecule has 1 N–H and O–H groups in total. The van der Waals surface area contributed by atoms with Crippen molar-refractivity contribution in [3.63, 3.8) is 0 Å². The number of piperazine rings is 1. The van der Waals surface area contributed by atoms with E-state index in [9.17, 15) is 10.1 Å². The molecule has 0 amide bonds. The Morgan fingerprint density at radius 3 is 2.50 bits per heavy atom. The van der Waals surface area contributed by atoms with Crippen molar-refractivity contribution in [1.29, 1.82) is 0 Å². The van der Waals surface area contributed by atoms with Crippen LogP contribution in [-0.2, 0) is 0 Å². The number of halogens is 1. The largest absolute Gasteiger partial charge is 0.434 e. The molecule has 2 heterocycles. The number of rotatable bonds is 6. The summed E-state index contributed by atoms with van der Waals surface area (Å²) in [6, 6.07) is 6.96. The molecule has 2 aromatic rings. The minimum atomic E-state index is -0.510. The summed E-state index contributed by atoms with van der Waals surface area (Å²) in [7, 11) is 0. The van der Waals surface area contributed by atoms with E-state index in [0.717, 1.165) is 4.47 Å². The first-order valence-electron chi connectivity index (χ1n) is 8.09. The fourth-order valence-electron chi connectivity index (χ4n) is 2.76. The lowest BCUT2D eigenvalue weighted by molar-refractivity contribution is -0.385. The molecule has 0 bridgehead atoms. The maximum Gasteiger partial charge on any atom is 0.373 e. The Morgan fingerprint density at radius 1 is 1.19 bits per heavy atom. The number of hydrogen-bond acceptors (Lipinski definition) is 8. The number of aliphatic hydroxyl groups is 1. The Hall–Kier alpha value is -2.30. The van der Waals surface area contributed by atoms with Gasteiger partial charge in [-0.25, -0.2) is 4.98 Å². The fraction of sp³-hybridized carbons (Fsp3) is 0.375. The van der Waals surface area contributed by atoms with Crippen molar-refractivity contribution < 1.29 is 14.8 Å². The quantitative estimate of drug-likeness (QED) is 0.555. The van der Waals surface area contributed by atoms with Crippen LogP contribution in [-0.4, -0.2) is 64.2 Å². The van der Waals surface area contributed by atoms with Crippen LogP contribution in [0, 0.1) is 10.1 Å². The normalized spacial score (nSPS) is 15.1. The highest BCUT2D eigenvalue weighted by molar-refractivity contribution is 9.10. The molecular formula is C16H18BrN5O4. The summed E-state index contributed by atoms with van der Waals surface area (Å²) in [6.07, 6.45) is 1.27. The zero-order valence-corrected chi connectivity index (χ0v) is 15.5. The topological polar surface area (TPSA) is 105 Å². The van der Waals surface area contributed by atoms with Crippen LogP contribution in [0.1, 0.15) is 0 Å². The minimum absolute atomic E-state index is 0.0832. The van der Waals surface area contributed by atoms with Crippen LogP contribution in [0.15, 0.2) is 35.1 Å². The van der Waals surface area contributed by atoms with Gasteiger partial charge in [0.25, 0.3) is 0 Å². The van der Waals surface area contributed by atoms with Gasteiger partial charge in [0.1, 0.15) is 12.1 Å². The van der Waals surface area contributed by atoms with Crippen molar-refractivity contribution in [2.75, 3.05) is 44.2 Å². The van der Waals surface area contributed by atoms with E-state index in [1.807, 2.05) is 4.90 Å². The van der Waals surface area contributed by atoms with Crippen molar-refractivity contribution in [3.8, 4) is 11.6 Å². The van der Waals surface area contributed by atoms with Gasteiger partial charge in [-0.05, 0) is 24.3 Å². The molecule has 1 fully saturated rings. The monoisotopic (exact) mass is 423 g/mol. The number of aliphatic hydroxyl groups excluding tert-OH is 1. The highest BCUT2D eigenvalue weighted by Crippen LogP contribution is 2.36. The number of benzene rings is 1. The van der Waals surface area contributed by atoms with Gasteiger partial charge in [0.2, 0.25) is 5.82 Å². The lowest BCUT2D eigenvalue weighted by Gasteiger charge is -2.34. The molecule has 0 unspecified atom stereocenters. The van der Waals surface area contributed by atoms with Gasteiger partial charge in [-0.1, -0.05) is 15.9 Å². The molecule has 9 nitrogen and oxygen atoms in total. The third kappa shape index (κ3) is 4.26. The third-order valence-corrected chi connectivity index (χ3v) is 4.60. The second kappa shape index (κ2) is 8.39. The second-order valence-electron chi connectivity index (χ2n) is 5.72. The van der Waals surface area contributed by atoms with Crippen LogP contribution in [0.3, 0.4) is 0 Å². The number of aromatic nitrogens is 2. The Balaban J connectivity index is 1.85. The lowest BCUT2D eigenvalue weighted by atomic mass is 10.3.